The number of nitrogens with two attached hydrogens (primary N) is 1. The van der Waals surface area contributed by atoms with Crippen LogP contribution >= 0.6 is 0 Å². The molecule has 2 bridgehead atoms. The first-order valence-corrected chi connectivity index (χ1v) is 10.6. The second-order valence-electron chi connectivity index (χ2n) is 8.53. The summed E-state index contributed by atoms with van der Waals surface area (Å²) in [4.78, 5) is 28.5. The molecule has 1 aliphatic heterocycles. The van der Waals surface area contributed by atoms with E-state index in [1.165, 1.54) is 32.7 Å². The Labute approximate surface area is 175 Å². The number of quaternary nitrogens is 1. The van der Waals surface area contributed by atoms with Crippen molar-refractivity contribution >= 4 is 11.8 Å². The van der Waals surface area contributed by atoms with E-state index in [0.717, 1.165) is 6.54 Å². The van der Waals surface area contributed by atoms with Crippen LogP contribution in [0.4, 0.5) is 0 Å². The van der Waals surface area contributed by atoms with Gasteiger partial charge in [0.05, 0.1) is 11.8 Å². The highest BCUT2D eigenvalue weighted by Crippen LogP contribution is 2.60. The Kier molecular flexibility index (Phi) is 3.90. The normalized spacial score (nSPS) is 25.8. The first-order valence-electron chi connectivity index (χ1n) is 10.6. The lowest BCUT2D eigenvalue weighted by Gasteiger charge is -2.45. The Balaban J connectivity index is 1.34. The molecule has 2 atom stereocenters. The Morgan fingerprint density at radius 3 is 1.53 bits per heavy atom. The van der Waals surface area contributed by atoms with Gasteiger partial charge in [0.25, 0.3) is 0 Å². The van der Waals surface area contributed by atoms with Crippen molar-refractivity contribution in [1.29, 1.82) is 0 Å². The summed E-state index contributed by atoms with van der Waals surface area (Å²) in [7, 11) is 0. The number of imide groups is 1. The monoisotopic (exact) mass is 395 g/mol. The summed E-state index contributed by atoms with van der Waals surface area (Å²) in [6.07, 6.45) is 0. The van der Waals surface area contributed by atoms with Gasteiger partial charge in [-0.1, -0.05) is 78.9 Å². The molecule has 4 aliphatic rings. The minimum atomic E-state index is -0.280. The van der Waals surface area contributed by atoms with Crippen molar-refractivity contribution in [2.24, 2.45) is 11.8 Å². The highest BCUT2D eigenvalue weighted by molar-refractivity contribution is 6.07. The molecule has 148 valence electrons. The maximum absolute atomic E-state index is 13.5. The van der Waals surface area contributed by atoms with Crippen LogP contribution in [0.1, 0.15) is 39.7 Å². The molecule has 3 aromatic rings. The maximum atomic E-state index is 13.5. The lowest BCUT2D eigenvalue weighted by atomic mass is 9.55. The number of carbonyl (C=O) groups is 2. The molecule has 2 amide bonds. The summed E-state index contributed by atoms with van der Waals surface area (Å²) in [5.74, 6) is -0.623. The highest BCUT2D eigenvalue weighted by atomic mass is 16.2. The molecule has 30 heavy (non-hydrogen) atoms. The highest BCUT2D eigenvalue weighted by Gasteiger charge is 2.61. The lowest BCUT2D eigenvalue weighted by molar-refractivity contribution is -0.681. The van der Waals surface area contributed by atoms with Crippen LogP contribution in [0, 0.1) is 11.8 Å². The molecule has 1 saturated heterocycles. The molecule has 0 spiro atoms. The fraction of sp³-hybridized carbons (Fsp3) is 0.231. The Morgan fingerprint density at radius 2 is 1.07 bits per heavy atom. The zero-order valence-corrected chi connectivity index (χ0v) is 16.6. The molecule has 0 radical (unpaired) electrons. The summed E-state index contributed by atoms with van der Waals surface area (Å²) in [5, 5.41) is 2.05. The third kappa shape index (κ3) is 2.37. The number of nitrogens with zero attached hydrogens (tertiary/aromatic N) is 1. The number of amides is 2. The number of hydrogen-bond acceptors (Lipinski definition) is 2. The minimum Gasteiger partial charge on any atom is -0.325 e. The first kappa shape index (κ1) is 17.6. The van der Waals surface area contributed by atoms with Gasteiger partial charge < -0.3 is 5.32 Å². The van der Waals surface area contributed by atoms with Crippen molar-refractivity contribution < 1.29 is 14.9 Å². The summed E-state index contributed by atoms with van der Waals surface area (Å²) in [6.45, 7) is 1.13. The van der Waals surface area contributed by atoms with Gasteiger partial charge in [-0.2, -0.15) is 0 Å². The van der Waals surface area contributed by atoms with Crippen molar-refractivity contribution in [1.82, 2.24) is 4.90 Å². The van der Waals surface area contributed by atoms with Crippen molar-refractivity contribution in [3.63, 3.8) is 0 Å². The number of benzene rings is 3. The molecule has 0 saturated carbocycles. The van der Waals surface area contributed by atoms with Crippen LogP contribution in [-0.4, -0.2) is 23.4 Å². The predicted octanol–water partition coefficient (Wildman–Crippen LogP) is 2.60. The van der Waals surface area contributed by atoms with Gasteiger partial charge in [0.2, 0.25) is 11.8 Å². The average Bonchev–Trinajstić information content (AvgIpc) is 3.05. The lowest BCUT2D eigenvalue weighted by Crippen LogP contribution is -2.86. The van der Waals surface area contributed by atoms with Crippen LogP contribution in [0.5, 0.6) is 0 Å². The summed E-state index contributed by atoms with van der Waals surface area (Å²) in [5.41, 5.74) is 6.07. The molecule has 1 fully saturated rings. The zero-order valence-electron chi connectivity index (χ0n) is 16.6. The number of carbonyl (C=O) groups excluding carboxylic acids is 2. The van der Waals surface area contributed by atoms with Crippen LogP contribution in [0.15, 0.2) is 78.9 Å². The van der Waals surface area contributed by atoms with Crippen LogP contribution in [0.25, 0.3) is 0 Å². The van der Waals surface area contributed by atoms with Crippen molar-refractivity contribution in [2.75, 3.05) is 6.67 Å². The molecule has 1 heterocycles. The van der Waals surface area contributed by atoms with E-state index in [9.17, 15) is 9.59 Å². The molecule has 0 aromatic heterocycles. The van der Waals surface area contributed by atoms with Crippen LogP contribution in [-0.2, 0) is 16.1 Å². The van der Waals surface area contributed by atoms with Crippen LogP contribution < -0.4 is 5.32 Å². The van der Waals surface area contributed by atoms with E-state index in [-0.39, 0.29) is 35.5 Å². The summed E-state index contributed by atoms with van der Waals surface area (Å²) < 4.78 is 0. The molecule has 7 rings (SSSR count). The standard InChI is InChI=1S/C26H22N2O2/c29-25-23-21-17-10-4-5-11-18(17)22(20-13-7-6-12-19(20)21)24(23)26(30)28(25)15-27-14-16-8-2-1-3-9-16/h1-13,21-24,27H,14-15H2/p+1. The largest absolute Gasteiger partial charge is 0.325 e. The van der Waals surface area contributed by atoms with E-state index in [4.69, 9.17) is 0 Å². The molecular weight excluding hydrogens is 372 g/mol. The van der Waals surface area contributed by atoms with Gasteiger partial charge in [-0.3, -0.25) is 9.59 Å². The molecule has 2 unspecified atom stereocenters. The molecule has 4 nitrogen and oxygen atoms in total. The molecule has 3 aliphatic carbocycles. The van der Waals surface area contributed by atoms with Gasteiger partial charge >= 0.3 is 0 Å². The fourth-order valence-corrected chi connectivity index (χ4v) is 5.89. The van der Waals surface area contributed by atoms with E-state index in [0.29, 0.717) is 6.67 Å². The zero-order chi connectivity index (χ0) is 20.2. The topological polar surface area (TPSA) is 54.0 Å². The Bertz CT molecular complexity index is 1040. The summed E-state index contributed by atoms with van der Waals surface area (Å²) in [6, 6.07) is 26.9. The third-order valence-corrected chi connectivity index (χ3v) is 7.07. The second-order valence-corrected chi connectivity index (χ2v) is 8.53. The van der Waals surface area contributed by atoms with Gasteiger partial charge in [-0.25, -0.2) is 4.90 Å². The van der Waals surface area contributed by atoms with E-state index < -0.39 is 0 Å². The van der Waals surface area contributed by atoms with Gasteiger partial charge in [0.1, 0.15) is 6.54 Å². The predicted molar refractivity (Wildman–Crippen MR) is 112 cm³/mol. The van der Waals surface area contributed by atoms with Crippen LogP contribution in [0.3, 0.4) is 0 Å². The maximum Gasteiger partial charge on any atom is 0.238 e. The van der Waals surface area contributed by atoms with Crippen molar-refractivity contribution in [3.8, 4) is 0 Å². The van der Waals surface area contributed by atoms with E-state index in [2.05, 4.69) is 36.4 Å². The molecule has 3 aromatic carbocycles. The van der Waals surface area contributed by atoms with E-state index >= 15 is 0 Å². The molecule has 4 heteroatoms. The minimum absolute atomic E-state index is 0.00619. The number of likely N-dealkylation sites (tertiary alicyclic amines) is 1. The third-order valence-electron chi connectivity index (χ3n) is 7.07. The quantitative estimate of drug-likeness (QED) is 0.691. The van der Waals surface area contributed by atoms with Gasteiger partial charge in [-0.05, 0) is 22.3 Å². The SMILES string of the molecule is O=C1C2C3c4ccccc4C(c4ccccc43)C2C(=O)N1C[NH2+]Cc1ccccc1. The summed E-state index contributed by atoms with van der Waals surface area (Å²) >= 11 is 0. The number of rotatable bonds is 4. The first-order chi connectivity index (χ1) is 14.8. The van der Waals surface area contributed by atoms with Gasteiger partial charge in [0.15, 0.2) is 6.67 Å². The molecule has 2 N–H and O–H groups in total. The van der Waals surface area contributed by atoms with E-state index in [1.54, 1.807) is 0 Å². The van der Waals surface area contributed by atoms with Gasteiger partial charge in [0, 0.05) is 17.4 Å². The van der Waals surface area contributed by atoms with Crippen molar-refractivity contribution in [2.45, 2.75) is 18.4 Å². The average molecular weight is 395 g/mol. The van der Waals surface area contributed by atoms with E-state index in [1.807, 2.05) is 47.8 Å². The molecular formula is C26H23N2O2+. The van der Waals surface area contributed by atoms with Crippen molar-refractivity contribution in [3.05, 3.63) is 107 Å². The Hall–Kier alpha value is -3.24. The van der Waals surface area contributed by atoms with Gasteiger partial charge in [-0.15, -0.1) is 0 Å². The second kappa shape index (κ2) is 6.64. The smallest absolute Gasteiger partial charge is 0.238 e. The number of hydrogen-bond donors (Lipinski definition) is 1. The van der Waals surface area contributed by atoms with Crippen LogP contribution in [0.2, 0.25) is 0 Å². The Morgan fingerprint density at radius 1 is 0.633 bits per heavy atom. The fourth-order valence-electron chi connectivity index (χ4n) is 5.89.